The molecule has 0 amide bonds. The molecule has 5 nitrogen and oxygen atoms in total. The zero-order valence-corrected chi connectivity index (χ0v) is 25.8. The van der Waals surface area contributed by atoms with Crippen LogP contribution < -0.4 is 0 Å². The summed E-state index contributed by atoms with van der Waals surface area (Å²) in [7, 11) is 0. The number of carboxylic acids is 1. The van der Waals surface area contributed by atoms with Gasteiger partial charge >= 0.3 is 5.97 Å². The topological polar surface area (TPSA) is 79.4 Å². The molecule has 0 aliphatic carbocycles. The van der Waals surface area contributed by atoms with E-state index in [0.29, 0.717) is 12.8 Å². The molecular formula is C36H56O5. The Morgan fingerprint density at radius 3 is 1.44 bits per heavy atom. The number of carbonyl (C=O) groups is 2. The molecule has 1 atom stereocenters. The summed E-state index contributed by atoms with van der Waals surface area (Å²) >= 11 is 0. The maximum absolute atomic E-state index is 12.9. The van der Waals surface area contributed by atoms with E-state index in [1.54, 1.807) is 0 Å². The van der Waals surface area contributed by atoms with Crippen molar-refractivity contribution in [3.8, 4) is 0 Å². The summed E-state index contributed by atoms with van der Waals surface area (Å²) in [6.45, 7) is 4.28. The predicted octanol–water partition coefficient (Wildman–Crippen LogP) is 10.3. The quantitative estimate of drug-likeness (QED) is 0.0350. The van der Waals surface area contributed by atoms with Crippen molar-refractivity contribution in [3.63, 3.8) is 0 Å². The fourth-order valence-corrected chi connectivity index (χ4v) is 4.56. The molecule has 1 unspecified atom stereocenters. The smallest absolute Gasteiger partial charge is 0.314 e. The van der Waals surface area contributed by atoms with Gasteiger partial charge in [-0.1, -0.05) is 119 Å². The summed E-state index contributed by atoms with van der Waals surface area (Å²) in [5, 5.41) is 9.67. The Balaban J connectivity index is 2.14. The molecule has 0 aromatic rings. The van der Waals surface area contributed by atoms with Gasteiger partial charge in [0.05, 0.1) is 0 Å². The van der Waals surface area contributed by atoms with Gasteiger partial charge < -0.3 is 5.11 Å². The molecule has 1 aliphatic heterocycles. The molecule has 0 aromatic heterocycles. The first-order valence-electron chi connectivity index (χ1n) is 16.1. The van der Waals surface area contributed by atoms with Gasteiger partial charge in [-0.3, -0.25) is 9.59 Å². The minimum atomic E-state index is -1.33. The van der Waals surface area contributed by atoms with Gasteiger partial charge in [0.15, 0.2) is 0 Å². The number of ketones is 1. The lowest BCUT2D eigenvalue weighted by atomic mass is 9.90. The van der Waals surface area contributed by atoms with Gasteiger partial charge in [-0.2, -0.15) is 9.78 Å². The first kappa shape index (κ1) is 36.5. The lowest BCUT2D eigenvalue weighted by Gasteiger charge is -2.14. The van der Waals surface area contributed by atoms with Crippen LogP contribution in [0.25, 0.3) is 0 Å². The second-order valence-corrected chi connectivity index (χ2v) is 10.7. The first-order valence-corrected chi connectivity index (χ1v) is 16.1. The van der Waals surface area contributed by atoms with Gasteiger partial charge in [0.25, 0.3) is 5.79 Å². The number of allylic oxidation sites excluding steroid dienone is 12. The van der Waals surface area contributed by atoms with E-state index in [1.807, 2.05) is 0 Å². The molecule has 0 spiro atoms. The Morgan fingerprint density at radius 2 is 1.00 bits per heavy atom. The van der Waals surface area contributed by atoms with Crippen LogP contribution in [0.2, 0.25) is 0 Å². The molecule has 230 valence electrons. The summed E-state index contributed by atoms with van der Waals surface area (Å²) in [4.78, 5) is 34.9. The van der Waals surface area contributed by atoms with Gasteiger partial charge in [-0.25, -0.2) is 0 Å². The van der Waals surface area contributed by atoms with Crippen LogP contribution >= 0.6 is 0 Å². The standard InChI is InChI=1S/C36H56O5/c1-3-5-7-9-11-13-15-17-19-21-23-25-27-29-31-33(35(38)39)34(37)36(40-41-36)32-30-28-26-24-22-20-18-16-14-12-10-8-6-4-2/h5-8,11-14,17-20,33H,3-4,9-10,15-16,21-32H2,1-2H3,(H,38,39)/b7-5-,8-6-,13-11-,14-12-,19-17-,20-18-. The summed E-state index contributed by atoms with van der Waals surface area (Å²) in [5.41, 5.74) is 0. The maximum Gasteiger partial charge on any atom is 0.314 e. The van der Waals surface area contributed by atoms with Gasteiger partial charge in [0.1, 0.15) is 5.92 Å². The van der Waals surface area contributed by atoms with Crippen molar-refractivity contribution in [1.29, 1.82) is 0 Å². The van der Waals surface area contributed by atoms with E-state index in [-0.39, 0.29) is 0 Å². The number of aliphatic carboxylic acids is 1. The minimum Gasteiger partial charge on any atom is -0.481 e. The Morgan fingerprint density at radius 1 is 0.585 bits per heavy atom. The van der Waals surface area contributed by atoms with E-state index in [2.05, 4.69) is 86.8 Å². The molecule has 1 saturated heterocycles. The molecule has 41 heavy (non-hydrogen) atoms. The van der Waals surface area contributed by atoms with Crippen molar-refractivity contribution < 1.29 is 24.5 Å². The number of Topliss-reactive ketones (excluding diaryl/α,β-unsaturated/α-hetero) is 1. The normalized spacial score (nSPS) is 16.0. The van der Waals surface area contributed by atoms with E-state index in [4.69, 9.17) is 9.78 Å². The number of carbonyl (C=O) groups excluding carboxylic acids is 1. The van der Waals surface area contributed by atoms with Crippen LogP contribution in [-0.2, 0) is 19.4 Å². The molecule has 1 rings (SSSR count). The van der Waals surface area contributed by atoms with Crippen molar-refractivity contribution >= 4 is 11.8 Å². The van der Waals surface area contributed by atoms with Crippen molar-refractivity contribution in [2.24, 2.45) is 5.92 Å². The molecule has 0 radical (unpaired) electrons. The Kier molecular flexibility index (Phi) is 22.5. The Hall–Kier alpha value is -2.50. The summed E-state index contributed by atoms with van der Waals surface area (Å²) in [5.74, 6) is -3.88. The van der Waals surface area contributed by atoms with Crippen LogP contribution in [-0.4, -0.2) is 22.6 Å². The van der Waals surface area contributed by atoms with Crippen molar-refractivity contribution in [2.45, 2.75) is 135 Å². The molecule has 5 heteroatoms. The SMILES string of the molecule is CC/C=C\C/C=C\C/C=C\CCCCCCC(C(=O)O)C(=O)C1(CCCCCC/C=C\C/C=C\C/C=C\CC)OO1. The Bertz CT molecular complexity index is 857. The molecule has 1 heterocycles. The molecule has 1 aliphatic rings. The third kappa shape index (κ3) is 19.3. The van der Waals surface area contributed by atoms with Crippen molar-refractivity contribution in [3.05, 3.63) is 72.9 Å². The van der Waals surface area contributed by atoms with Crippen LogP contribution in [0.15, 0.2) is 72.9 Å². The van der Waals surface area contributed by atoms with Gasteiger partial charge in [0.2, 0.25) is 5.78 Å². The number of hydrogen-bond donors (Lipinski definition) is 1. The lowest BCUT2D eigenvalue weighted by molar-refractivity contribution is -0.148. The number of carboxylic acid groups (broad SMARTS) is 1. The molecule has 0 aromatic carbocycles. The summed E-state index contributed by atoms with van der Waals surface area (Å²) < 4.78 is 0. The molecule has 0 bridgehead atoms. The van der Waals surface area contributed by atoms with Crippen LogP contribution in [0.5, 0.6) is 0 Å². The second kappa shape index (κ2) is 25.2. The molecule has 1 N–H and O–H groups in total. The fraction of sp³-hybridized carbons (Fsp3) is 0.611. The highest BCUT2D eigenvalue weighted by Gasteiger charge is 2.58. The van der Waals surface area contributed by atoms with Crippen molar-refractivity contribution in [2.75, 3.05) is 0 Å². The highest BCUT2D eigenvalue weighted by molar-refractivity contribution is 6.02. The average Bonchev–Trinajstić information content (AvgIpc) is 3.76. The highest BCUT2D eigenvalue weighted by Crippen LogP contribution is 2.39. The third-order valence-corrected chi connectivity index (χ3v) is 7.07. The van der Waals surface area contributed by atoms with Crippen LogP contribution in [0.1, 0.15) is 129 Å². The van der Waals surface area contributed by atoms with Crippen molar-refractivity contribution in [1.82, 2.24) is 0 Å². The average molecular weight is 569 g/mol. The molecule has 0 saturated carbocycles. The zero-order valence-electron chi connectivity index (χ0n) is 25.8. The lowest BCUT2D eigenvalue weighted by Crippen LogP contribution is -2.35. The first-order chi connectivity index (χ1) is 20.1. The van der Waals surface area contributed by atoms with Crippen LogP contribution in [0.3, 0.4) is 0 Å². The minimum absolute atomic E-state index is 0.340. The van der Waals surface area contributed by atoms with Gasteiger partial charge in [-0.05, 0) is 77.0 Å². The van der Waals surface area contributed by atoms with E-state index >= 15 is 0 Å². The maximum atomic E-state index is 12.9. The Labute approximate surface area is 250 Å². The number of unbranched alkanes of at least 4 members (excludes halogenated alkanes) is 8. The van der Waals surface area contributed by atoms with E-state index < -0.39 is 23.5 Å². The zero-order chi connectivity index (χ0) is 29.9. The monoisotopic (exact) mass is 568 g/mol. The number of hydrogen-bond acceptors (Lipinski definition) is 4. The van der Waals surface area contributed by atoms with E-state index in [0.717, 1.165) is 103 Å². The summed E-state index contributed by atoms with van der Waals surface area (Å²) in [6.07, 6.45) is 42.9. The molecule has 1 fully saturated rings. The predicted molar refractivity (Wildman–Crippen MR) is 170 cm³/mol. The van der Waals surface area contributed by atoms with E-state index in [1.165, 1.54) is 0 Å². The van der Waals surface area contributed by atoms with Crippen LogP contribution in [0.4, 0.5) is 0 Å². The summed E-state index contributed by atoms with van der Waals surface area (Å²) in [6, 6.07) is 0. The molecular weight excluding hydrogens is 512 g/mol. The number of rotatable bonds is 27. The van der Waals surface area contributed by atoms with E-state index in [9.17, 15) is 14.7 Å². The van der Waals surface area contributed by atoms with Crippen LogP contribution in [0, 0.1) is 5.92 Å². The fourth-order valence-electron chi connectivity index (χ4n) is 4.56. The highest BCUT2D eigenvalue weighted by atomic mass is 17.4. The van der Waals surface area contributed by atoms with Gasteiger partial charge in [0, 0.05) is 6.42 Å². The second-order valence-electron chi connectivity index (χ2n) is 10.7. The van der Waals surface area contributed by atoms with Gasteiger partial charge in [-0.15, -0.1) is 0 Å². The third-order valence-electron chi connectivity index (χ3n) is 7.07. The largest absolute Gasteiger partial charge is 0.481 e.